The van der Waals surface area contributed by atoms with E-state index in [9.17, 15) is 4.79 Å². The van der Waals surface area contributed by atoms with Gasteiger partial charge in [0.05, 0.1) is 11.7 Å². The molecule has 1 amide bonds. The van der Waals surface area contributed by atoms with Gasteiger partial charge in [0, 0.05) is 31.3 Å². The summed E-state index contributed by atoms with van der Waals surface area (Å²) < 4.78 is 1.93. The molecule has 1 aromatic heterocycles. The zero-order valence-electron chi connectivity index (χ0n) is 14.3. The largest absolute Gasteiger partial charge is 0.336 e. The smallest absolute Gasteiger partial charge is 0.223 e. The molecule has 0 saturated carbocycles. The molecule has 0 bridgehead atoms. The highest BCUT2D eigenvalue weighted by molar-refractivity contribution is 5.77. The van der Waals surface area contributed by atoms with Crippen molar-refractivity contribution >= 4 is 5.91 Å². The van der Waals surface area contributed by atoms with Crippen LogP contribution in [0.3, 0.4) is 0 Å². The van der Waals surface area contributed by atoms with E-state index in [2.05, 4.69) is 23.8 Å². The number of nitrogens with two attached hydrogens (primary N) is 1. The average molecular weight is 306 g/mol. The standard InChI is InChI=1S/C17H30N4O/c1-13-17(14(2)20(3)19-13)15-9-8-12-21(15)16(22)10-6-4-5-7-11-18/h15H,4-12,18H2,1-3H3. The van der Waals surface area contributed by atoms with Crippen LogP contribution in [0.15, 0.2) is 0 Å². The molecule has 1 aromatic rings. The molecule has 0 aromatic carbocycles. The molecule has 5 heteroatoms. The second-order valence-corrected chi connectivity index (χ2v) is 6.41. The van der Waals surface area contributed by atoms with Gasteiger partial charge in [-0.05, 0) is 46.1 Å². The molecule has 2 heterocycles. The lowest BCUT2D eigenvalue weighted by molar-refractivity contribution is -0.132. The van der Waals surface area contributed by atoms with Crippen molar-refractivity contribution in [1.29, 1.82) is 0 Å². The van der Waals surface area contributed by atoms with Crippen molar-refractivity contribution in [3.63, 3.8) is 0 Å². The fraction of sp³-hybridized carbons (Fsp3) is 0.765. The number of rotatable bonds is 7. The number of likely N-dealkylation sites (tertiary alicyclic amines) is 1. The number of aromatic nitrogens is 2. The summed E-state index contributed by atoms with van der Waals surface area (Å²) in [6.45, 7) is 5.79. The summed E-state index contributed by atoms with van der Waals surface area (Å²) in [5, 5.41) is 4.51. The van der Waals surface area contributed by atoms with Gasteiger partial charge in [0.15, 0.2) is 0 Å². The zero-order chi connectivity index (χ0) is 16.1. The van der Waals surface area contributed by atoms with Gasteiger partial charge in [-0.1, -0.05) is 12.8 Å². The maximum absolute atomic E-state index is 12.6. The summed E-state index contributed by atoms with van der Waals surface area (Å²) in [5.74, 6) is 0.304. The molecule has 1 unspecified atom stereocenters. The highest BCUT2D eigenvalue weighted by Gasteiger charge is 2.32. The average Bonchev–Trinajstić information content (AvgIpc) is 3.04. The Labute approximate surface area is 133 Å². The van der Waals surface area contributed by atoms with Crippen LogP contribution in [0.1, 0.15) is 67.9 Å². The van der Waals surface area contributed by atoms with E-state index in [1.807, 2.05) is 11.7 Å². The third-order valence-corrected chi connectivity index (χ3v) is 4.82. The Bertz CT molecular complexity index is 509. The third kappa shape index (κ3) is 3.69. The first-order chi connectivity index (χ1) is 10.6. The molecule has 1 atom stereocenters. The van der Waals surface area contributed by atoms with Crippen LogP contribution in [0.2, 0.25) is 0 Å². The van der Waals surface area contributed by atoms with Crippen molar-refractivity contribution in [3.05, 3.63) is 17.0 Å². The van der Waals surface area contributed by atoms with Crippen LogP contribution in [0.4, 0.5) is 0 Å². The van der Waals surface area contributed by atoms with Crippen LogP contribution in [0, 0.1) is 13.8 Å². The Morgan fingerprint density at radius 2 is 2.00 bits per heavy atom. The Morgan fingerprint density at radius 1 is 1.27 bits per heavy atom. The van der Waals surface area contributed by atoms with E-state index in [0.717, 1.165) is 57.3 Å². The fourth-order valence-electron chi connectivity index (χ4n) is 3.56. The van der Waals surface area contributed by atoms with E-state index in [0.29, 0.717) is 12.3 Å². The Kier molecular flexibility index (Phi) is 6.00. The monoisotopic (exact) mass is 306 g/mol. The van der Waals surface area contributed by atoms with Gasteiger partial charge in [-0.15, -0.1) is 0 Å². The first-order valence-electron chi connectivity index (χ1n) is 8.56. The second-order valence-electron chi connectivity index (χ2n) is 6.41. The summed E-state index contributed by atoms with van der Waals surface area (Å²) in [4.78, 5) is 14.6. The van der Waals surface area contributed by atoms with Gasteiger partial charge in [-0.25, -0.2) is 0 Å². The quantitative estimate of drug-likeness (QED) is 0.788. The van der Waals surface area contributed by atoms with E-state index in [1.165, 1.54) is 11.3 Å². The molecule has 124 valence electrons. The minimum Gasteiger partial charge on any atom is -0.336 e. The second kappa shape index (κ2) is 7.77. The number of nitrogens with zero attached hydrogens (tertiary/aromatic N) is 3. The van der Waals surface area contributed by atoms with Crippen molar-refractivity contribution in [2.24, 2.45) is 12.8 Å². The topological polar surface area (TPSA) is 64.2 Å². The Hall–Kier alpha value is -1.36. The number of carbonyl (C=O) groups excluding carboxylic acids is 1. The van der Waals surface area contributed by atoms with Crippen LogP contribution in [-0.4, -0.2) is 33.7 Å². The first-order valence-corrected chi connectivity index (χ1v) is 8.56. The fourth-order valence-corrected chi connectivity index (χ4v) is 3.56. The molecule has 1 fully saturated rings. The van der Waals surface area contributed by atoms with Crippen LogP contribution in [0.5, 0.6) is 0 Å². The Balaban J connectivity index is 1.97. The Morgan fingerprint density at radius 3 is 2.64 bits per heavy atom. The van der Waals surface area contributed by atoms with Gasteiger partial charge in [0.1, 0.15) is 0 Å². The molecule has 0 spiro atoms. The maximum atomic E-state index is 12.6. The van der Waals surface area contributed by atoms with E-state index in [-0.39, 0.29) is 6.04 Å². The lowest BCUT2D eigenvalue weighted by Crippen LogP contribution is -2.30. The normalized spacial score (nSPS) is 18.2. The van der Waals surface area contributed by atoms with Gasteiger partial charge >= 0.3 is 0 Å². The van der Waals surface area contributed by atoms with Gasteiger partial charge in [0.2, 0.25) is 5.91 Å². The number of unbranched alkanes of at least 4 members (excludes halogenated alkanes) is 3. The summed E-state index contributed by atoms with van der Waals surface area (Å²) in [6.07, 6.45) is 7.10. The van der Waals surface area contributed by atoms with Gasteiger partial charge in [-0.2, -0.15) is 5.10 Å². The molecule has 1 aliphatic heterocycles. The summed E-state index contributed by atoms with van der Waals surface area (Å²) in [5.41, 5.74) is 9.01. The number of hydrogen-bond donors (Lipinski definition) is 1. The summed E-state index contributed by atoms with van der Waals surface area (Å²) in [6, 6.07) is 0.227. The summed E-state index contributed by atoms with van der Waals surface area (Å²) >= 11 is 0. The van der Waals surface area contributed by atoms with E-state index >= 15 is 0 Å². The van der Waals surface area contributed by atoms with E-state index in [4.69, 9.17) is 5.73 Å². The molecule has 5 nitrogen and oxygen atoms in total. The van der Waals surface area contributed by atoms with Crippen molar-refractivity contribution in [2.75, 3.05) is 13.1 Å². The maximum Gasteiger partial charge on any atom is 0.223 e. The lowest BCUT2D eigenvalue weighted by Gasteiger charge is -2.25. The van der Waals surface area contributed by atoms with Gasteiger partial charge in [-0.3, -0.25) is 9.48 Å². The molecule has 1 aliphatic rings. The lowest BCUT2D eigenvalue weighted by atomic mass is 10.0. The number of amides is 1. The van der Waals surface area contributed by atoms with Gasteiger partial charge in [0.25, 0.3) is 0 Å². The van der Waals surface area contributed by atoms with Crippen molar-refractivity contribution in [2.45, 2.75) is 64.8 Å². The molecule has 0 aliphatic carbocycles. The molecule has 0 radical (unpaired) electrons. The van der Waals surface area contributed by atoms with Crippen LogP contribution in [-0.2, 0) is 11.8 Å². The molecule has 22 heavy (non-hydrogen) atoms. The first kappa shape index (κ1) is 17.0. The van der Waals surface area contributed by atoms with Crippen molar-refractivity contribution in [1.82, 2.24) is 14.7 Å². The molecule has 1 saturated heterocycles. The molecular formula is C17H30N4O. The highest BCUT2D eigenvalue weighted by Crippen LogP contribution is 2.35. The third-order valence-electron chi connectivity index (χ3n) is 4.82. The predicted molar refractivity (Wildman–Crippen MR) is 88.5 cm³/mol. The molecular weight excluding hydrogens is 276 g/mol. The number of aryl methyl sites for hydroxylation is 2. The highest BCUT2D eigenvalue weighted by atomic mass is 16.2. The zero-order valence-corrected chi connectivity index (χ0v) is 14.3. The molecule has 2 N–H and O–H groups in total. The number of hydrogen-bond acceptors (Lipinski definition) is 3. The van der Waals surface area contributed by atoms with Crippen molar-refractivity contribution < 1.29 is 4.79 Å². The van der Waals surface area contributed by atoms with Crippen LogP contribution >= 0.6 is 0 Å². The summed E-state index contributed by atoms with van der Waals surface area (Å²) in [7, 11) is 1.98. The minimum atomic E-state index is 0.227. The molecule has 2 rings (SSSR count). The SMILES string of the molecule is Cc1nn(C)c(C)c1C1CCCN1C(=O)CCCCCCN. The van der Waals surface area contributed by atoms with Crippen LogP contribution in [0.25, 0.3) is 0 Å². The predicted octanol–water partition coefficient (Wildman–Crippen LogP) is 2.61. The van der Waals surface area contributed by atoms with Gasteiger partial charge < -0.3 is 10.6 Å². The van der Waals surface area contributed by atoms with Crippen molar-refractivity contribution in [3.8, 4) is 0 Å². The minimum absolute atomic E-state index is 0.227. The number of carbonyl (C=O) groups is 1. The van der Waals surface area contributed by atoms with E-state index in [1.54, 1.807) is 0 Å². The van der Waals surface area contributed by atoms with E-state index < -0.39 is 0 Å². The van der Waals surface area contributed by atoms with Crippen LogP contribution < -0.4 is 5.73 Å².